The SMILES string of the molecule is Cc1c(C(CN)N(C)C2CCOCC2)cnn1C. The molecule has 5 nitrogen and oxygen atoms in total. The number of aryl methyl sites for hydroxylation is 1. The number of aromatic nitrogens is 2. The molecule has 1 aliphatic rings. The van der Waals surface area contributed by atoms with E-state index >= 15 is 0 Å². The average molecular weight is 252 g/mol. The molecule has 18 heavy (non-hydrogen) atoms. The minimum absolute atomic E-state index is 0.252. The van der Waals surface area contributed by atoms with Crippen molar-refractivity contribution < 1.29 is 4.74 Å². The zero-order valence-corrected chi connectivity index (χ0v) is 11.6. The van der Waals surface area contributed by atoms with Crippen LogP contribution in [0.25, 0.3) is 0 Å². The molecule has 0 bridgehead atoms. The third kappa shape index (κ3) is 2.58. The lowest BCUT2D eigenvalue weighted by atomic mass is 10.0. The van der Waals surface area contributed by atoms with Gasteiger partial charge in [-0.05, 0) is 26.8 Å². The number of nitrogens with zero attached hydrogens (tertiary/aromatic N) is 3. The van der Waals surface area contributed by atoms with Gasteiger partial charge in [0, 0.05) is 44.1 Å². The minimum Gasteiger partial charge on any atom is -0.381 e. The Morgan fingerprint density at radius 1 is 1.56 bits per heavy atom. The number of likely N-dealkylation sites (N-methyl/N-ethyl adjacent to an activating group) is 1. The van der Waals surface area contributed by atoms with Gasteiger partial charge in [-0.15, -0.1) is 0 Å². The molecule has 0 aliphatic carbocycles. The van der Waals surface area contributed by atoms with E-state index in [0.717, 1.165) is 26.1 Å². The third-order valence-corrected chi connectivity index (χ3v) is 4.11. The van der Waals surface area contributed by atoms with E-state index in [2.05, 4.69) is 24.0 Å². The highest BCUT2D eigenvalue weighted by Crippen LogP contribution is 2.26. The standard InChI is InChI=1S/C13H24N4O/c1-10-12(9-15-17(10)3)13(8-14)16(2)11-4-6-18-7-5-11/h9,11,13H,4-8,14H2,1-3H3. The fourth-order valence-corrected chi connectivity index (χ4v) is 2.70. The lowest BCUT2D eigenvalue weighted by Crippen LogP contribution is -2.41. The molecule has 0 saturated carbocycles. The van der Waals surface area contributed by atoms with Gasteiger partial charge in [-0.25, -0.2) is 0 Å². The molecular weight excluding hydrogens is 228 g/mol. The topological polar surface area (TPSA) is 56.3 Å². The molecule has 1 saturated heterocycles. The van der Waals surface area contributed by atoms with Crippen molar-refractivity contribution in [3.8, 4) is 0 Å². The van der Waals surface area contributed by atoms with Gasteiger partial charge in [-0.3, -0.25) is 9.58 Å². The van der Waals surface area contributed by atoms with Crippen LogP contribution in [0.3, 0.4) is 0 Å². The second kappa shape index (κ2) is 5.82. The van der Waals surface area contributed by atoms with E-state index in [4.69, 9.17) is 10.5 Å². The summed E-state index contributed by atoms with van der Waals surface area (Å²) in [6.45, 7) is 4.44. The largest absolute Gasteiger partial charge is 0.381 e. The van der Waals surface area contributed by atoms with Crippen molar-refractivity contribution in [2.45, 2.75) is 31.8 Å². The molecular formula is C13H24N4O. The molecule has 2 N–H and O–H groups in total. The Hall–Kier alpha value is -0.910. The van der Waals surface area contributed by atoms with Gasteiger partial charge < -0.3 is 10.5 Å². The second-order valence-electron chi connectivity index (χ2n) is 5.07. The van der Waals surface area contributed by atoms with Crippen LogP contribution in [0.15, 0.2) is 6.20 Å². The molecule has 1 aromatic rings. The summed E-state index contributed by atoms with van der Waals surface area (Å²) in [5, 5.41) is 4.32. The Balaban J connectivity index is 2.14. The summed E-state index contributed by atoms with van der Waals surface area (Å²) in [5.41, 5.74) is 8.42. The van der Waals surface area contributed by atoms with E-state index in [9.17, 15) is 0 Å². The van der Waals surface area contributed by atoms with Gasteiger partial charge >= 0.3 is 0 Å². The zero-order valence-electron chi connectivity index (χ0n) is 11.6. The van der Waals surface area contributed by atoms with Crippen LogP contribution >= 0.6 is 0 Å². The minimum atomic E-state index is 0.252. The Bertz CT molecular complexity index is 384. The van der Waals surface area contributed by atoms with Crippen molar-refractivity contribution in [3.05, 3.63) is 17.5 Å². The first-order valence-corrected chi connectivity index (χ1v) is 6.63. The predicted molar refractivity (Wildman–Crippen MR) is 71.3 cm³/mol. The van der Waals surface area contributed by atoms with E-state index in [1.165, 1.54) is 11.3 Å². The summed E-state index contributed by atoms with van der Waals surface area (Å²) in [4.78, 5) is 2.40. The van der Waals surface area contributed by atoms with Crippen LogP contribution in [-0.4, -0.2) is 47.5 Å². The van der Waals surface area contributed by atoms with Crippen LogP contribution in [0.1, 0.15) is 30.1 Å². The first-order valence-electron chi connectivity index (χ1n) is 6.63. The van der Waals surface area contributed by atoms with Crippen LogP contribution in [0, 0.1) is 6.92 Å². The number of nitrogens with two attached hydrogens (primary N) is 1. The van der Waals surface area contributed by atoms with Crippen molar-refractivity contribution in [1.29, 1.82) is 0 Å². The fraction of sp³-hybridized carbons (Fsp3) is 0.769. The summed E-state index contributed by atoms with van der Waals surface area (Å²) in [6, 6.07) is 0.814. The van der Waals surface area contributed by atoms with E-state index in [0.29, 0.717) is 12.6 Å². The highest BCUT2D eigenvalue weighted by molar-refractivity contribution is 5.21. The maximum absolute atomic E-state index is 5.98. The van der Waals surface area contributed by atoms with Crippen LogP contribution in [0.4, 0.5) is 0 Å². The van der Waals surface area contributed by atoms with Crippen LogP contribution in [0.2, 0.25) is 0 Å². The molecule has 0 amide bonds. The average Bonchev–Trinajstić information content (AvgIpc) is 2.73. The Morgan fingerprint density at radius 3 is 2.72 bits per heavy atom. The van der Waals surface area contributed by atoms with Crippen molar-refractivity contribution in [2.24, 2.45) is 12.8 Å². The molecule has 0 radical (unpaired) electrons. The quantitative estimate of drug-likeness (QED) is 0.862. The number of hydrogen-bond donors (Lipinski definition) is 1. The van der Waals surface area contributed by atoms with Gasteiger partial charge in [-0.2, -0.15) is 5.10 Å². The van der Waals surface area contributed by atoms with Crippen LogP contribution < -0.4 is 5.73 Å². The Labute approximate surface area is 109 Å². The molecule has 2 rings (SSSR count). The van der Waals surface area contributed by atoms with Crippen LogP contribution in [-0.2, 0) is 11.8 Å². The van der Waals surface area contributed by atoms with E-state index in [1.54, 1.807) is 0 Å². The highest BCUT2D eigenvalue weighted by atomic mass is 16.5. The molecule has 1 aliphatic heterocycles. The van der Waals surface area contributed by atoms with Gasteiger partial charge in [0.25, 0.3) is 0 Å². The molecule has 0 spiro atoms. The maximum atomic E-state index is 5.98. The van der Waals surface area contributed by atoms with Gasteiger partial charge in [0.15, 0.2) is 0 Å². The monoisotopic (exact) mass is 252 g/mol. The zero-order chi connectivity index (χ0) is 13.1. The van der Waals surface area contributed by atoms with E-state index < -0.39 is 0 Å². The molecule has 1 atom stereocenters. The van der Waals surface area contributed by atoms with Crippen molar-refractivity contribution in [1.82, 2.24) is 14.7 Å². The van der Waals surface area contributed by atoms with Crippen molar-refractivity contribution in [2.75, 3.05) is 26.8 Å². The van der Waals surface area contributed by atoms with Crippen LogP contribution in [0.5, 0.6) is 0 Å². The summed E-state index contributed by atoms with van der Waals surface area (Å²) >= 11 is 0. The highest BCUT2D eigenvalue weighted by Gasteiger charge is 2.27. The van der Waals surface area contributed by atoms with E-state index in [-0.39, 0.29) is 6.04 Å². The molecule has 1 unspecified atom stereocenters. The van der Waals surface area contributed by atoms with Crippen molar-refractivity contribution in [3.63, 3.8) is 0 Å². The smallest absolute Gasteiger partial charge is 0.0540 e. The normalized spacial score (nSPS) is 19.4. The Morgan fingerprint density at radius 2 is 2.22 bits per heavy atom. The first kappa shape index (κ1) is 13.5. The second-order valence-corrected chi connectivity index (χ2v) is 5.07. The molecule has 1 fully saturated rings. The Kier molecular flexibility index (Phi) is 4.37. The van der Waals surface area contributed by atoms with Gasteiger partial charge in [0.1, 0.15) is 0 Å². The number of rotatable bonds is 4. The van der Waals surface area contributed by atoms with E-state index in [1.807, 2.05) is 17.9 Å². The summed E-state index contributed by atoms with van der Waals surface area (Å²) in [5.74, 6) is 0. The molecule has 2 heterocycles. The summed E-state index contributed by atoms with van der Waals surface area (Å²) in [7, 11) is 4.14. The molecule has 102 valence electrons. The maximum Gasteiger partial charge on any atom is 0.0540 e. The molecule has 5 heteroatoms. The molecule has 0 aromatic carbocycles. The first-order chi connectivity index (χ1) is 8.65. The third-order valence-electron chi connectivity index (χ3n) is 4.11. The van der Waals surface area contributed by atoms with Gasteiger partial charge in [-0.1, -0.05) is 0 Å². The van der Waals surface area contributed by atoms with Crippen molar-refractivity contribution >= 4 is 0 Å². The van der Waals surface area contributed by atoms with Gasteiger partial charge in [0.2, 0.25) is 0 Å². The lowest BCUT2D eigenvalue weighted by Gasteiger charge is -2.36. The number of ether oxygens (including phenoxy) is 1. The number of hydrogen-bond acceptors (Lipinski definition) is 4. The summed E-state index contributed by atoms with van der Waals surface area (Å²) in [6.07, 6.45) is 4.13. The van der Waals surface area contributed by atoms with Gasteiger partial charge in [0.05, 0.1) is 12.2 Å². The predicted octanol–water partition coefficient (Wildman–Crippen LogP) is 0.839. The lowest BCUT2D eigenvalue weighted by molar-refractivity contribution is 0.0293. The molecule has 1 aromatic heterocycles. The summed E-state index contributed by atoms with van der Waals surface area (Å²) < 4.78 is 7.33. The fourth-order valence-electron chi connectivity index (χ4n) is 2.70.